The van der Waals surface area contributed by atoms with Gasteiger partial charge in [0.2, 0.25) is 5.95 Å². The van der Waals surface area contributed by atoms with Crippen LogP contribution >= 0.6 is 0 Å². The second-order valence-corrected chi connectivity index (χ2v) is 9.60. The van der Waals surface area contributed by atoms with Gasteiger partial charge in [-0.15, -0.1) is 0 Å². The predicted octanol–water partition coefficient (Wildman–Crippen LogP) is 3.90. The van der Waals surface area contributed by atoms with Crippen molar-refractivity contribution in [3.63, 3.8) is 0 Å². The van der Waals surface area contributed by atoms with E-state index in [2.05, 4.69) is 69.1 Å². The molecule has 0 bridgehead atoms. The zero-order chi connectivity index (χ0) is 22.8. The zero-order valence-corrected chi connectivity index (χ0v) is 20.0. The van der Waals surface area contributed by atoms with Gasteiger partial charge in [-0.25, -0.2) is 4.98 Å². The van der Waals surface area contributed by atoms with Crippen molar-refractivity contribution in [2.24, 2.45) is 4.99 Å². The Morgan fingerprint density at radius 1 is 1.09 bits per heavy atom. The fourth-order valence-electron chi connectivity index (χ4n) is 4.91. The lowest BCUT2D eigenvalue weighted by Gasteiger charge is -2.34. The van der Waals surface area contributed by atoms with E-state index in [-0.39, 0.29) is 6.10 Å². The minimum atomic E-state index is 0.0758. The molecule has 0 unspecified atom stereocenters. The standard InChI is InChI=1S/C25H35N7O/c1-18(2)33-23-14-21(31-12-10-30(3)11-13-31)8-9-22(23)28-25-27-16-19-15-26-17-32(24(19)29-25)20-6-4-5-7-20/h8-9,14-16,18,20H,4-7,10-13,17H2,1-3H3,(H,27,28,29). The third kappa shape index (κ3) is 4.90. The Morgan fingerprint density at radius 2 is 1.88 bits per heavy atom. The van der Waals surface area contributed by atoms with Crippen molar-refractivity contribution < 1.29 is 4.74 Å². The number of hydrogen-bond donors (Lipinski definition) is 1. The quantitative estimate of drug-likeness (QED) is 0.717. The highest BCUT2D eigenvalue weighted by Crippen LogP contribution is 2.34. The van der Waals surface area contributed by atoms with Crippen molar-refractivity contribution in [3.8, 4) is 5.75 Å². The van der Waals surface area contributed by atoms with E-state index < -0.39 is 0 Å². The molecule has 5 rings (SSSR count). The summed E-state index contributed by atoms with van der Waals surface area (Å²) in [5.74, 6) is 2.40. The molecule has 8 heteroatoms. The number of hydrogen-bond acceptors (Lipinski definition) is 8. The predicted molar refractivity (Wildman–Crippen MR) is 134 cm³/mol. The number of benzene rings is 1. The first kappa shape index (κ1) is 21.9. The number of nitrogens with one attached hydrogen (secondary N) is 1. The zero-order valence-electron chi connectivity index (χ0n) is 20.0. The van der Waals surface area contributed by atoms with Crippen LogP contribution in [0.3, 0.4) is 0 Å². The van der Waals surface area contributed by atoms with Gasteiger partial charge in [-0.3, -0.25) is 4.99 Å². The lowest BCUT2D eigenvalue weighted by atomic mass is 10.2. The Labute approximate surface area is 196 Å². The van der Waals surface area contributed by atoms with E-state index in [0.29, 0.717) is 18.7 Å². The van der Waals surface area contributed by atoms with E-state index in [1.807, 2.05) is 12.4 Å². The first-order valence-corrected chi connectivity index (χ1v) is 12.2. The molecule has 3 heterocycles. The van der Waals surface area contributed by atoms with Crippen LogP contribution in [0.2, 0.25) is 0 Å². The lowest BCUT2D eigenvalue weighted by Crippen LogP contribution is -2.44. The smallest absolute Gasteiger partial charge is 0.229 e. The van der Waals surface area contributed by atoms with Crippen LogP contribution in [0, 0.1) is 0 Å². The second-order valence-electron chi connectivity index (χ2n) is 9.60. The average molecular weight is 450 g/mol. The van der Waals surface area contributed by atoms with Crippen molar-refractivity contribution in [2.45, 2.75) is 51.7 Å². The minimum Gasteiger partial charge on any atom is -0.489 e. The fraction of sp³-hybridized carbons (Fsp3) is 0.560. The molecule has 1 N–H and O–H groups in total. The van der Waals surface area contributed by atoms with Crippen LogP contribution in [-0.4, -0.2) is 73.1 Å². The number of rotatable bonds is 6. The van der Waals surface area contributed by atoms with Crippen molar-refractivity contribution in [1.82, 2.24) is 14.9 Å². The average Bonchev–Trinajstić information content (AvgIpc) is 3.35. The van der Waals surface area contributed by atoms with Crippen molar-refractivity contribution in [2.75, 3.05) is 55.0 Å². The molecule has 2 aliphatic heterocycles. The van der Waals surface area contributed by atoms with Crippen molar-refractivity contribution in [3.05, 3.63) is 30.0 Å². The van der Waals surface area contributed by atoms with E-state index in [0.717, 1.165) is 49.0 Å². The highest BCUT2D eigenvalue weighted by Gasteiger charge is 2.27. The van der Waals surface area contributed by atoms with Gasteiger partial charge in [0.25, 0.3) is 0 Å². The van der Waals surface area contributed by atoms with E-state index >= 15 is 0 Å². The van der Waals surface area contributed by atoms with Gasteiger partial charge in [0, 0.05) is 56.4 Å². The maximum atomic E-state index is 6.20. The van der Waals surface area contributed by atoms with Gasteiger partial charge in [0.15, 0.2) is 0 Å². The topological polar surface area (TPSA) is 69.1 Å². The number of fused-ring (bicyclic) bond motifs is 1. The molecule has 1 saturated heterocycles. The van der Waals surface area contributed by atoms with Gasteiger partial charge in [0.1, 0.15) is 18.2 Å². The number of anilines is 4. The molecule has 2 fully saturated rings. The SMILES string of the molecule is CC(C)Oc1cc(N2CCN(C)CC2)ccc1Nc1ncc2c(n1)N(C1CCCC1)CN=C2. The van der Waals surface area contributed by atoms with Gasteiger partial charge in [-0.05, 0) is 45.9 Å². The molecule has 1 saturated carbocycles. The molecule has 33 heavy (non-hydrogen) atoms. The van der Waals surface area contributed by atoms with Crippen LogP contribution in [0.1, 0.15) is 45.1 Å². The summed E-state index contributed by atoms with van der Waals surface area (Å²) in [5.41, 5.74) is 3.07. The molecule has 3 aliphatic rings. The van der Waals surface area contributed by atoms with Crippen LogP contribution in [0.4, 0.5) is 23.1 Å². The largest absolute Gasteiger partial charge is 0.489 e. The Morgan fingerprint density at radius 3 is 2.64 bits per heavy atom. The minimum absolute atomic E-state index is 0.0758. The third-order valence-electron chi connectivity index (χ3n) is 6.74. The molecule has 8 nitrogen and oxygen atoms in total. The molecule has 1 aromatic heterocycles. The van der Waals surface area contributed by atoms with E-state index in [4.69, 9.17) is 9.72 Å². The maximum absolute atomic E-state index is 6.20. The molecular formula is C25H35N7O. The Bertz CT molecular complexity index is 994. The summed E-state index contributed by atoms with van der Waals surface area (Å²) in [6.45, 7) is 8.98. The summed E-state index contributed by atoms with van der Waals surface area (Å²) >= 11 is 0. The molecular weight excluding hydrogens is 414 g/mol. The van der Waals surface area contributed by atoms with Crippen molar-refractivity contribution >= 4 is 29.4 Å². The van der Waals surface area contributed by atoms with Crippen LogP contribution in [0.25, 0.3) is 0 Å². The van der Waals surface area contributed by atoms with Crippen LogP contribution < -0.4 is 19.9 Å². The number of likely N-dealkylation sites (N-methyl/N-ethyl adjacent to an activating group) is 1. The Hall–Kier alpha value is -2.87. The lowest BCUT2D eigenvalue weighted by molar-refractivity contribution is 0.243. The third-order valence-corrected chi connectivity index (χ3v) is 6.74. The molecule has 0 amide bonds. The van der Waals surface area contributed by atoms with Crippen molar-refractivity contribution in [1.29, 1.82) is 0 Å². The molecule has 2 aromatic rings. The molecule has 0 spiro atoms. The number of aromatic nitrogens is 2. The monoisotopic (exact) mass is 449 g/mol. The fourth-order valence-corrected chi connectivity index (χ4v) is 4.91. The summed E-state index contributed by atoms with van der Waals surface area (Å²) in [6, 6.07) is 6.91. The Kier molecular flexibility index (Phi) is 6.35. The summed E-state index contributed by atoms with van der Waals surface area (Å²) in [5, 5.41) is 3.43. The summed E-state index contributed by atoms with van der Waals surface area (Å²) in [6.07, 6.45) is 8.83. The highest BCUT2D eigenvalue weighted by molar-refractivity contribution is 5.88. The Balaban J connectivity index is 1.40. The van der Waals surface area contributed by atoms with Gasteiger partial charge < -0.3 is 24.8 Å². The van der Waals surface area contributed by atoms with Crippen LogP contribution in [0.5, 0.6) is 5.75 Å². The summed E-state index contributed by atoms with van der Waals surface area (Å²) < 4.78 is 6.20. The van der Waals surface area contributed by atoms with Crippen LogP contribution in [0.15, 0.2) is 29.4 Å². The van der Waals surface area contributed by atoms with Gasteiger partial charge in [-0.1, -0.05) is 12.8 Å². The molecule has 176 valence electrons. The number of piperazine rings is 1. The molecule has 1 aromatic carbocycles. The normalized spacial score (nSPS) is 19.3. The number of nitrogens with zero attached hydrogens (tertiary/aromatic N) is 6. The summed E-state index contributed by atoms with van der Waals surface area (Å²) in [4.78, 5) is 21.2. The van der Waals surface area contributed by atoms with E-state index in [1.54, 1.807) is 0 Å². The maximum Gasteiger partial charge on any atom is 0.229 e. The summed E-state index contributed by atoms with van der Waals surface area (Å²) in [7, 11) is 2.18. The molecule has 0 radical (unpaired) electrons. The number of ether oxygens (including phenoxy) is 1. The van der Waals surface area contributed by atoms with E-state index in [1.165, 1.54) is 31.4 Å². The first-order chi connectivity index (χ1) is 16.1. The second kappa shape index (κ2) is 9.55. The first-order valence-electron chi connectivity index (χ1n) is 12.2. The van der Waals surface area contributed by atoms with Gasteiger partial charge >= 0.3 is 0 Å². The molecule has 1 aliphatic carbocycles. The highest BCUT2D eigenvalue weighted by atomic mass is 16.5. The number of aliphatic imine (C=N–C) groups is 1. The van der Waals surface area contributed by atoms with Crippen LogP contribution in [-0.2, 0) is 0 Å². The van der Waals surface area contributed by atoms with Gasteiger partial charge in [-0.2, -0.15) is 4.98 Å². The van der Waals surface area contributed by atoms with E-state index in [9.17, 15) is 0 Å². The van der Waals surface area contributed by atoms with Gasteiger partial charge in [0.05, 0.1) is 17.4 Å². The molecule has 0 atom stereocenters.